The van der Waals surface area contributed by atoms with Crippen molar-refractivity contribution in [3.05, 3.63) is 78.1 Å². The van der Waals surface area contributed by atoms with Gasteiger partial charge in [-0.15, -0.1) is 11.3 Å². The van der Waals surface area contributed by atoms with Crippen molar-refractivity contribution in [3.63, 3.8) is 0 Å². The van der Waals surface area contributed by atoms with Gasteiger partial charge in [-0.1, -0.05) is 18.2 Å². The fourth-order valence-corrected chi connectivity index (χ4v) is 5.89. The molecule has 5 nitrogen and oxygen atoms in total. The lowest BCUT2D eigenvalue weighted by molar-refractivity contribution is 0.598. The number of aryl methyl sites for hydroxylation is 1. The van der Waals surface area contributed by atoms with Crippen LogP contribution in [-0.2, 0) is 23.4 Å². The molecule has 162 valence electrons. The number of aromatic nitrogens is 2. The monoisotopic (exact) mass is 465 g/mol. The van der Waals surface area contributed by atoms with Crippen LogP contribution in [0.2, 0.25) is 0 Å². The lowest BCUT2D eigenvalue weighted by atomic mass is 10.1. The van der Waals surface area contributed by atoms with Gasteiger partial charge in [0.15, 0.2) is 9.84 Å². The lowest BCUT2D eigenvalue weighted by Gasteiger charge is -2.11. The molecule has 0 fully saturated rings. The summed E-state index contributed by atoms with van der Waals surface area (Å²) in [5.41, 5.74) is 3.08. The summed E-state index contributed by atoms with van der Waals surface area (Å²) >= 11 is 1.70. The Balaban J connectivity index is 1.52. The van der Waals surface area contributed by atoms with Gasteiger partial charge < -0.3 is 5.32 Å². The number of hydrogen-bond acceptors (Lipinski definition) is 5. The Morgan fingerprint density at radius 1 is 1.06 bits per heavy atom. The zero-order chi connectivity index (χ0) is 22.5. The largest absolute Gasteiger partial charge is 0.381 e. The fourth-order valence-electron chi connectivity index (χ4n) is 3.90. The highest BCUT2D eigenvalue weighted by Gasteiger charge is 2.16. The Bertz CT molecular complexity index is 1550. The Labute approximate surface area is 189 Å². The van der Waals surface area contributed by atoms with Crippen molar-refractivity contribution in [3.8, 4) is 10.6 Å². The van der Waals surface area contributed by atoms with Crippen LogP contribution in [0.3, 0.4) is 0 Å². The van der Waals surface area contributed by atoms with Crippen molar-refractivity contribution < 1.29 is 12.8 Å². The van der Waals surface area contributed by atoms with E-state index < -0.39 is 15.7 Å². The quantitative estimate of drug-likeness (QED) is 0.343. The Morgan fingerprint density at radius 3 is 2.66 bits per heavy atom. The first kappa shape index (κ1) is 20.7. The standard InChI is InChI=1S/C24H20FN3O2S2/c1-28-20-9-8-18(26-14-16-11-17(25)7-10-23(16)32(2,29)30)13-19(20)24(27-28)22-12-15-5-3-4-6-21(15)31-22/h3-13,26H,14H2,1-2H3. The molecule has 32 heavy (non-hydrogen) atoms. The zero-order valence-corrected chi connectivity index (χ0v) is 19.1. The molecule has 0 bridgehead atoms. The van der Waals surface area contributed by atoms with Crippen LogP contribution in [0, 0.1) is 5.82 Å². The van der Waals surface area contributed by atoms with Gasteiger partial charge in [0.1, 0.15) is 11.5 Å². The van der Waals surface area contributed by atoms with Crippen molar-refractivity contribution in [2.75, 3.05) is 11.6 Å². The van der Waals surface area contributed by atoms with Crippen molar-refractivity contribution in [2.24, 2.45) is 7.05 Å². The van der Waals surface area contributed by atoms with Gasteiger partial charge in [-0.3, -0.25) is 4.68 Å². The summed E-state index contributed by atoms with van der Waals surface area (Å²) in [6, 6.07) is 20.0. The number of halogens is 1. The van der Waals surface area contributed by atoms with Crippen molar-refractivity contribution in [1.82, 2.24) is 9.78 Å². The summed E-state index contributed by atoms with van der Waals surface area (Å²) < 4.78 is 41.0. The fraction of sp³-hybridized carbons (Fsp3) is 0.125. The van der Waals surface area contributed by atoms with Gasteiger partial charge in [0.05, 0.1) is 15.3 Å². The molecule has 0 aliphatic heterocycles. The van der Waals surface area contributed by atoms with E-state index in [1.54, 1.807) is 11.3 Å². The van der Waals surface area contributed by atoms with Crippen molar-refractivity contribution >= 4 is 47.9 Å². The summed E-state index contributed by atoms with van der Waals surface area (Å²) in [7, 11) is -1.55. The number of sulfone groups is 1. The molecule has 2 aromatic heterocycles. The van der Waals surface area contributed by atoms with Crippen LogP contribution in [0.5, 0.6) is 0 Å². The van der Waals surface area contributed by atoms with Gasteiger partial charge in [0, 0.05) is 35.6 Å². The second-order valence-electron chi connectivity index (χ2n) is 7.73. The minimum atomic E-state index is -3.46. The second kappa shape index (κ2) is 7.72. The molecule has 5 rings (SSSR count). The van der Waals surface area contributed by atoms with Gasteiger partial charge >= 0.3 is 0 Å². The minimum absolute atomic E-state index is 0.125. The van der Waals surface area contributed by atoms with E-state index in [0.717, 1.165) is 33.4 Å². The topological polar surface area (TPSA) is 64.0 Å². The number of nitrogens with zero attached hydrogens (tertiary/aromatic N) is 2. The average Bonchev–Trinajstić information content (AvgIpc) is 3.32. The molecule has 0 spiro atoms. The molecule has 0 saturated heterocycles. The lowest BCUT2D eigenvalue weighted by Crippen LogP contribution is -2.07. The zero-order valence-electron chi connectivity index (χ0n) is 17.5. The first-order valence-electron chi connectivity index (χ1n) is 9.98. The van der Waals surface area contributed by atoms with Gasteiger partial charge in [-0.25, -0.2) is 12.8 Å². The van der Waals surface area contributed by atoms with E-state index in [4.69, 9.17) is 5.10 Å². The minimum Gasteiger partial charge on any atom is -0.381 e. The van der Waals surface area contributed by atoms with Crippen molar-refractivity contribution in [1.29, 1.82) is 0 Å². The molecular formula is C24H20FN3O2S2. The molecule has 0 aliphatic carbocycles. The Kier molecular flexibility index (Phi) is 4.98. The predicted molar refractivity (Wildman–Crippen MR) is 128 cm³/mol. The van der Waals surface area contributed by atoms with Gasteiger partial charge in [-0.2, -0.15) is 5.10 Å². The van der Waals surface area contributed by atoms with E-state index >= 15 is 0 Å². The summed E-state index contributed by atoms with van der Waals surface area (Å²) in [5.74, 6) is -0.469. The van der Waals surface area contributed by atoms with Crippen LogP contribution < -0.4 is 5.32 Å². The van der Waals surface area contributed by atoms with Crippen LogP contribution in [0.4, 0.5) is 10.1 Å². The first-order chi connectivity index (χ1) is 15.3. The molecule has 2 heterocycles. The van der Waals surface area contributed by atoms with E-state index in [1.807, 2.05) is 42.1 Å². The molecule has 3 aromatic carbocycles. The van der Waals surface area contributed by atoms with Gasteiger partial charge in [-0.05, 0) is 59.5 Å². The normalized spacial score (nSPS) is 12.0. The van der Waals surface area contributed by atoms with Crippen LogP contribution in [0.15, 0.2) is 71.6 Å². The van der Waals surface area contributed by atoms with Crippen LogP contribution in [0.25, 0.3) is 31.6 Å². The molecule has 0 saturated carbocycles. The number of thiophene rings is 1. The van der Waals surface area contributed by atoms with Gasteiger partial charge in [0.2, 0.25) is 0 Å². The third-order valence-electron chi connectivity index (χ3n) is 5.41. The second-order valence-corrected chi connectivity index (χ2v) is 10.8. The van der Waals surface area contributed by atoms with E-state index in [2.05, 4.69) is 23.5 Å². The number of nitrogens with one attached hydrogen (secondary N) is 1. The highest BCUT2D eigenvalue weighted by atomic mass is 32.2. The van der Waals surface area contributed by atoms with Crippen LogP contribution in [0.1, 0.15) is 5.56 Å². The van der Waals surface area contributed by atoms with Crippen molar-refractivity contribution in [2.45, 2.75) is 11.4 Å². The average molecular weight is 466 g/mol. The first-order valence-corrected chi connectivity index (χ1v) is 12.7. The predicted octanol–water partition coefficient (Wildman–Crippen LogP) is 5.61. The third kappa shape index (κ3) is 3.76. The van der Waals surface area contributed by atoms with E-state index in [9.17, 15) is 12.8 Å². The smallest absolute Gasteiger partial charge is 0.175 e. The molecule has 1 N–H and O–H groups in total. The number of hydrogen-bond donors (Lipinski definition) is 1. The molecule has 0 unspecified atom stereocenters. The van der Waals surface area contributed by atoms with E-state index in [0.29, 0.717) is 5.56 Å². The van der Waals surface area contributed by atoms with E-state index in [1.165, 1.54) is 28.3 Å². The summed E-state index contributed by atoms with van der Waals surface area (Å²) in [6.07, 6.45) is 1.13. The maximum atomic E-state index is 13.8. The summed E-state index contributed by atoms with van der Waals surface area (Å²) in [5, 5.41) is 10.2. The molecule has 0 radical (unpaired) electrons. The molecular weight excluding hydrogens is 445 g/mol. The highest BCUT2D eigenvalue weighted by Crippen LogP contribution is 2.37. The van der Waals surface area contributed by atoms with Gasteiger partial charge in [0.25, 0.3) is 0 Å². The maximum Gasteiger partial charge on any atom is 0.175 e. The van der Waals surface area contributed by atoms with E-state index in [-0.39, 0.29) is 11.4 Å². The maximum absolute atomic E-state index is 13.8. The molecule has 0 amide bonds. The molecule has 0 aliphatic rings. The highest BCUT2D eigenvalue weighted by molar-refractivity contribution is 7.90. The molecule has 5 aromatic rings. The number of rotatable bonds is 5. The summed E-state index contributed by atoms with van der Waals surface area (Å²) in [4.78, 5) is 1.21. The Hall–Kier alpha value is -3.23. The Morgan fingerprint density at radius 2 is 1.88 bits per heavy atom. The number of anilines is 1. The SMILES string of the molecule is Cn1nc(-c2cc3ccccc3s2)c2cc(NCc3cc(F)ccc3S(C)(=O)=O)ccc21. The number of fused-ring (bicyclic) bond motifs is 2. The third-order valence-corrected chi connectivity index (χ3v) is 7.73. The molecule has 0 atom stereocenters. The molecule has 8 heteroatoms. The van der Waals surface area contributed by atoms with Crippen LogP contribution in [-0.4, -0.2) is 24.5 Å². The van der Waals surface area contributed by atoms with Crippen LogP contribution >= 0.6 is 11.3 Å². The summed E-state index contributed by atoms with van der Waals surface area (Å²) in [6.45, 7) is 0.185. The number of benzene rings is 3.